The number of benzene rings is 1. The average Bonchev–Trinajstić information content (AvgIpc) is 2.99. The van der Waals surface area contributed by atoms with Crippen molar-refractivity contribution in [3.05, 3.63) is 35.4 Å². The molecule has 0 saturated heterocycles. The lowest BCUT2D eigenvalue weighted by Gasteiger charge is -2.53. The van der Waals surface area contributed by atoms with E-state index in [-0.39, 0.29) is 0 Å². The van der Waals surface area contributed by atoms with Crippen molar-refractivity contribution in [1.82, 2.24) is 0 Å². The molecule has 0 heterocycles. The number of hydrogen-bond donors (Lipinski definition) is 0. The van der Waals surface area contributed by atoms with E-state index in [4.69, 9.17) is 0 Å². The lowest BCUT2D eigenvalue weighted by atomic mass is 9.51. The van der Waals surface area contributed by atoms with Crippen molar-refractivity contribution in [1.29, 1.82) is 0 Å². The normalized spacial score (nSPS) is 37.6. The van der Waals surface area contributed by atoms with E-state index in [2.05, 4.69) is 38.1 Å². The second-order valence-electron chi connectivity index (χ2n) is 9.39. The van der Waals surface area contributed by atoms with Crippen molar-refractivity contribution < 1.29 is 0 Å². The molecule has 3 aliphatic carbocycles. The van der Waals surface area contributed by atoms with Crippen LogP contribution in [0.1, 0.15) is 95.1 Å². The maximum Gasteiger partial charge on any atom is -0.00994 e. The van der Waals surface area contributed by atoms with Gasteiger partial charge in [-0.25, -0.2) is 0 Å². The van der Waals surface area contributed by atoms with E-state index in [9.17, 15) is 0 Å². The van der Waals surface area contributed by atoms with Crippen molar-refractivity contribution >= 4 is 0 Å². The standard InChI is InChI=1S/C24H36/c1-3-4-5-6-11-19-17-24(2)16-9-13-22(24)21-15-14-18-10-7-8-12-20(18)23(19)21/h7-8,10,12,19,21-23H,3-6,9,11,13-17H2,1-2H3/t19?,21-,22-,23+,24-/m0/s1. The van der Waals surface area contributed by atoms with Gasteiger partial charge in [-0.1, -0.05) is 70.2 Å². The molecule has 24 heavy (non-hydrogen) atoms. The topological polar surface area (TPSA) is 0 Å². The number of fused-ring (bicyclic) bond motifs is 5. The maximum atomic E-state index is 2.65. The van der Waals surface area contributed by atoms with E-state index >= 15 is 0 Å². The van der Waals surface area contributed by atoms with E-state index in [1.807, 2.05) is 0 Å². The summed E-state index contributed by atoms with van der Waals surface area (Å²) < 4.78 is 0. The lowest BCUT2D eigenvalue weighted by Crippen LogP contribution is -2.44. The average molecular weight is 325 g/mol. The van der Waals surface area contributed by atoms with Crippen LogP contribution in [0.2, 0.25) is 0 Å². The number of rotatable bonds is 5. The Kier molecular flexibility index (Phi) is 4.76. The summed E-state index contributed by atoms with van der Waals surface area (Å²) in [6, 6.07) is 9.47. The molecule has 0 N–H and O–H groups in total. The van der Waals surface area contributed by atoms with Crippen LogP contribution >= 0.6 is 0 Å². The number of hydrogen-bond acceptors (Lipinski definition) is 0. The first-order valence-electron chi connectivity index (χ1n) is 10.8. The minimum absolute atomic E-state index is 0.670. The highest BCUT2D eigenvalue weighted by Crippen LogP contribution is 2.63. The van der Waals surface area contributed by atoms with Crippen LogP contribution in [0.25, 0.3) is 0 Å². The molecule has 0 amide bonds. The highest BCUT2D eigenvalue weighted by molar-refractivity contribution is 5.35. The van der Waals surface area contributed by atoms with Gasteiger partial charge in [-0.2, -0.15) is 0 Å². The van der Waals surface area contributed by atoms with Crippen LogP contribution in [0.3, 0.4) is 0 Å². The quantitative estimate of drug-likeness (QED) is 0.505. The molecule has 0 radical (unpaired) electrons. The molecule has 0 aliphatic heterocycles. The third-order valence-electron chi connectivity index (χ3n) is 7.96. The highest BCUT2D eigenvalue weighted by Gasteiger charge is 2.53. The van der Waals surface area contributed by atoms with Crippen LogP contribution in [-0.4, -0.2) is 0 Å². The lowest BCUT2D eigenvalue weighted by molar-refractivity contribution is 0.0135. The first-order valence-corrected chi connectivity index (χ1v) is 10.8. The van der Waals surface area contributed by atoms with Crippen molar-refractivity contribution in [3.8, 4) is 0 Å². The Morgan fingerprint density at radius 2 is 1.96 bits per heavy atom. The second kappa shape index (κ2) is 6.85. The maximum absolute atomic E-state index is 2.65. The molecule has 5 atom stereocenters. The van der Waals surface area contributed by atoms with E-state index in [0.717, 1.165) is 23.7 Å². The zero-order valence-corrected chi connectivity index (χ0v) is 15.9. The Balaban J connectivity index is 1.61. The molecule has 132 valence electrons. The van der Waals surface area contributed by atoms with Gasteiger partial charge in [-0.3, -0.25) is 0 Å². The van der Waals surface area contributed by atoms with Crippen molar-refractivity contribution in [2.24, 2.45) is 23.2 Å². The van der Waals surface area contributed by atoms with Gasteiger partial charge in [-0.05, 0) is 78.7 Å². The van der Waals surface area contributed by atoms with Crippen LogP contribution in [0, 0.1) is 23.2 Å². The molecule has 2 fully saturated rings. The third-order valence-corrected chi connectivity index (χ3v) is 7.96. The fourth-order valence-electron chi connectivity index (χ4n) is 6.96. The Morgan fingerprint density at radius 1 is 1.08 bits per heavy atom. The number of unbranched alkanes of at least 4 members (excludes halogenated alkanes) is 3. The zero-order chi connectivity index (χ0) is 16.6. The Bertz CT molecular complexity index is 559. The minimum Gasteiger partial charge on any atom is -0.0654 e. The van der Waals surface area contributed by atoms with Gasteiger partial charge in [0.15, 0.2) is 0 Å². The zero-order valence-electron chi connectivity index (χ0n) is 15.9. The number of aryl methyl sites for hydroxylation is 1. The first-order chi connectivity index (χ1) is 11.7. The fourth-order valence-corrected chi connectivity index (χ4v) is 6.96. The Hall–Kier alpha value is -0.780. The van der Waals surface area contributed by atoms with Crippen LogP contribution in [0.15, 0.2) is 24.3 Å². The van der Waals surface area contributed by atoms with Gasteiger partial charge in [0.05, 0.1) is 0 Å². The van der Waals surface area contributed by atoms with Gasteiger partial charge in [0, 0.05) is 0 Å². The van der Waals surface area contributed by atoms with Crippen LogP contribution in [0.4, 0.5) is 0 Å². The van der Waals surface area contributed by atoms with Crippen LogP contribution in [-0.2, 0) is 6.42 Å². The summed E-state index contributed by atoms with van der Waals surface area (Å²) in [4.78, 5) is 0. The molecule has 0 aromatic heterocycles. The molecule has 3 aliphatic rings. The van der Waals surface area contributed by atoms with E-state index < -0.39 is 0 Å². The molecule has 0 bridgehead atoms. The summed E-state index contributed by atoms with van der Waals surface area (Å²) in [5.74, 6) is 3.83. The SMILES string of the molecule is CCCCCCC1C[C@]2(C)CCC[C@H]2[C@@H]2CCc3ccccc3[C@@H]12. The van der Waals surface area contributed by atoms with E-state index in [0.29, 0.717) is 5.41 Å². The summed E-state index contributed by atoms with van der Waals surface area (Å²) >= 11 is 0. The minimum atomic E-state index is 0.670. The predicted octanol–water partition coefficient (Wildman–Crippen LogP) is 7.13. The third kappa shape index (κ3) is 2.85. The molecule has 0 spiro atoms. The Morgan fingerprint density at radius 3 is 2.83 bits per heavy atom. The first kappa shape index (κ1) is 16.7. The van der Waals surface area contributed by atoms with Gasteiger partial charge in [0.25, 0.3) is 0 Å². The smallest absolute Gasteiger partial charge is 0.00994 e. The molecule has 1 unspecified atom stereocenters. The van der Waals surface area contributed by atoms with Gasteiger partial charge >= 0.3 is 0 Å². The predicted molar refractivity (Wildman–Crippen MR) is 103 cm³/mol. The molecular weight excluding hydrogens is 288 g/mol. The molecular formula is C24H36. The molecule has 0 heteroatoms. The summed E-state index contributed by atoms with van der Waals surface area (Å²) in [7, 11) is 0. The largest absolute Gasteiger partial charge is 0.0654 e. The van der Waals surface area contributed by atoms with Crippen LogP contribution < -0.4 is 0 Å². The molecule has 4 rings (SSSR count). The molecule has 1 aromatic rings. The van der Waals surface area contributed by atoms with Crippen LogP contribution in [0.5, 0.6) is 0 Å². The van der Waals surface area contributed by atoms with Gasteiger partial charge in [0.2, 0.25) is 0 Å². The fraction of sp³-hybridized carbons (Fsp3) is 0.750. The van der Waals surface area contributed by atoms with Crippen molar-refractivity contribution in [3.63, 3.8) is 0 Å². The summed E-state index contributed by atoms with van der Waals surface area (Å²) in [5, 5.41) is 0. The summed E-state index contributed by atoms with van der Waals surface area (Å²) in [5.41, 5.74) is 4.10. The van der Waals surface area contributed by atoms with Gasteiger partial charge < -0.3 is 0 Å². The van der Waals surface area contributed by atoms with Gasteiger partial charge in [0.1, 0.15) is 0 Å². The van der Waals surface area contributed by atoms with Crippen molar-refractivity contribution in [2.75, 3.05) is 0 Å². The monoisotopic (exact) mass is 324 g/mol. The Labute approximate surface area is 149 Å². The molecule has 1 aromatic carbocycles. The van der Waals surface area contributed by atoms with Crippen molar-refractivity contribution in [2.45, 2.75) is 90.4 Å². The highest BCUT2D eigenvalue weighted by atomic mass is 14.6. The molecule has 2 saturated carbocycles. The summed E-state index contributed by atoms with van der Waals surface area (Å²) in [6.45, 7) is 4.98. The summed E-state index contributed by atoms with van der Waals surface area (Å²) in [6.07, 6.45) is 16.0. The van der Waals surface area contributed by atoms with E-state index in [1.54, 1.807) is 11.1 Å². The second-order valence-corrected chi connectivity index (χ2v) is 9.39. The molecule has 0 nitrogen and oxygen atoms in total. The van der Waals surface area contributed by atoms with E-state index in [1.165, 1.54) is 70.6 Å². The van der Waals surface area contributed by atoms with Gasteiger partial charge in [-0.15, -0.1) is 0 Å².